The average Bonchev–Trinajstić information content (AvgIpc) is 3.11. The summed E-state index contributed by atoms with van der Waals surface area (Å²) in [6.07, 6.45) is 3.57. The summed E-state index contributed by atoms with van der Waals surface area (Å²) in [7, 11) is -3.63. The molecule has 0 bridgehead atoms. The van der Waals surface area contributed by atoms with Crippen LogP contribution in [0, 0.1) is 0 Å². The lowest BCUT2D eigenvalue weighted by atomic mass is 10.3. The average molecular weight is 388 g/mol. The van der Waals surface area contributed by atoms with Gasteiger partial charge in [-0.05, 0) is 50.2 Å². The molecule has 3 rings (SSSR count). The molecule has 0 saturated heterocycles. The SMILES string of the molecule is CC(C)Oc1ccc(S(=O)(=O)NCCc2nnc(-c3cccnc3)o2)cc1. The van der Waals surface area contributed by atoms with E-state index < -0.39 is 10.0 Å². The highest BCUT2D eigenvalue weighted by Crippen LogP contribution is 2.18. The Balaban J connectivity index is 1.57. The second kappa shape index (κ2) is 8.28. The predicted molar refractivity (Wildman–Crippen MR) is 98.6 cm³/mol. The van der Waals surface area contributed by atoms with E-state index in [0.717, 1.165) is 0 Å². The third-order valence-electron chi connectivity index (χ3n) is 3.51. The van der Waals surface area contributed by atoms with Crippen LogP contribution in [0.3, 0.4) is 0 Å². The summed E-state index contributed by atoms with van der Waals surface area (Å²) in [5.41, 5.74) is 0.709. The number of benzene rings is 1. The zero-order valence-corrected chi connectivity index (χ0v) is 15.8. The van der Waals surface area contributed by atoms with E-state index >= 15 is 0 Å². The number of pyridine rings is 1. The van der Waals surface area contributed by atoms with E-state index in [9.17, 15) is 8.42 Å². The fourth-order valence-corrected chi connectivity index (χ4v) is 3.34. The van der Waals surface area contributed by atoms with Gasteiger partial charge in [0, 0.05) is 25.4 Å². The van der Waals surface area contributed by atoms with E-state index in [1.165, 1.54) is 12.1 Å². The Kier molecular flexibility index (Phi) is 5.82. The van der Waals surface area contributed by atoms with E-state index in [2.05, 4.69) is 19.9 Å². The summed E-state index contributed by atoms with van der Waals surface area (Å²) in [4.78, 5) is 4.16. The number of sulfonamides is 1. The molecule has 0 atom stereocenters. The summed E-state index contributed by atoms with van der Waals surface area (Å²) >= 11 is 0. The van der Waals surface area contributed by atoms with Crippen molar-refractivity contribution < 1.29 is 17.6 Å². The highest BCUT2D eigenvalue weighted by Gasteiger charge is 2.15. The Morgan fingerprint density at radius 1 is 1.15 bits per heavy atom. The molecule has 8 nitrogen and oxygen atoms in total. The quantitative estimate of drug-likeness (QED) is 0.631. The molecule has 2 aromatic heterocycles. The summed E-state index contributed by atoms with van der Waals surface area (Å²) in [5, 5.41) is 7.87. The molecule has 0 aliphatic carbocycles. The van der Waals surface area contributed by atoms with Gasteiger partial charge in [-0.25, -0.2) is 13.1 Å². The van der Waals surface area contributed by atoms with Crippen LogP contribution in [0.25, 0.3) is 11.5 Å². The summed E-state index contributed by atoms with van der Waals surface area (Å²) in [6, 6.07) is 9.85. The second-order valence-corrected chi connectivity index (χ2v) is 7.80. The van der Waals surface area contributed by atoms with E-state index in [-0.39, 0.29) is 24.0 Å². The molecular weight excluding hydrogens is 368 g/mol. The topological polar surface area (TPSA) is 107 Å². The third-order valence-corrected chi connectivity index (χ3v) is 4.99. The van der Waals surface area contributed by atoms with Gasteiger partial charge in [0.25, 0.3) is 0 Å². The van der Waals surface area contributed by atoms with Gasteiger partial charge in [0.1, 0.15) is 5.75 Å². The zero-order valence-electron chi connectivity index (χ0n) is 15.0. The van der Waals surface area contributed by atoms with Crippen LogP contribution in [0.4, 0.5) is 0 Å². The van der Waals surface area contributed by atoms with Gasteiger partial charge >= 0.3 is 0 Å². The molecule has 27 heavy (non-hydrogen) atoms. The second-order valence-electron chi connectivity index (χ2n) is 6.03. The van der Waals surface area contributed by atoms with Gasteiger partial charge in [0.05, 0.1) is 16.6 Å². The third kappa shape index (κ3) is 5.11. The van der Waals surface area contributed by atoms with Gasteiger partial charge < -0.3 is 9.15 Å². The largest absolute Gasteiger partial charge is 0.491 e. The molecule has 0 saturated carbocycles. The van der Waals surface area contributed by atoms with Crippen molar-refractivity contribution in [3.8, 4) is 17.2 Å². The van der Waals surface area contributed by atoms with Crippen LogP contribution in [0.5, 0.6) is 5.75 Å². The standard InChI is InChI=1S/C18H20N4O4S/c1-13(2)25-15-5-7-16(8-6-15)27(23,24)20-11-9-17-21-22-18(26-17)14-4-3-10-19-12-14/h3-8,10,12-13,20H,9,11H2,1-2H3. The van der Waals surface area contributed by atoms with Crippen molar-refractivity contribution in [2.24, 2.45) is 0 Å². The minimum atomic E-state index is -3.63. The molecule has 0 amide bonds. The number of hydrogen-bond donors (Lipinski definition) is 1. The number of rotatable bonds is 8. The number of ether oxygens (including phenoxy) is 1. The normalized spacial score (nSPS) is 11.7. The Morgan fingerprint density at radius 3 is 2.59 bits per heavy atom. The molecule has 0 spiro atoms. The van der Waals surface area contributed by atoms with Crippen LogP contribution >= 0.6 is 0 Å². The maximum atomic E-state index is 12.4. The van der Waals surface area contributed by atoms with Gasteiger partial charge in [0.15, 0.2) is 0 Å². The molecule has 0 unspecified atom stereocenters. The Labute approximate surface area is 157 Å². The lowest BCUT2D eigenvalue weighted by molar-refractivity contribution is 0.242. The van der Waals surface area contributed by atoms with E-state index in [4.69, 9.17) is 9.15 Å². The van der Waals surface area contributed by atoms with Gasteiger partial charge in [0.2, 0.25) is 21.8 Å². The first-order chi connectivity index (χ1) is 12.9. The van der Waals surface area contributed by atoms with E-state index in [0.29, 0.717) is 23.1 Å². The molecule has 0 fully saturated rings. The Hall–Kier alpha value is -2.78. The van der Waals surface area contributed by atoms with Crippen LogP contribution in [0.2, 0.25) is 0 Å². The fourth-order valence-electron chi connectivity index (χ4n) is 2.31. The minimum Gasteiger partial charge on any atom is -0.491 e. The Bertz CT molecular complexity index is 970. The van der Waals surface area contributed by atoms with Crippen molar-refractivity contribution >= 4 is 10.0 Å². The van der Waals surface area contributed by atoms with Crippen LogP contribution in [0.15, 0.2) is 58.1 Å². The number of nitrogens with zero attached hydrogens (tertiary/aromatic N) is 3. The minimum absolute atomic E-state index is 0.0246. The molecule has 1 N–H and O–H groups in total. The maximum absolute atomic E-state index is 12.4. The van der Waals surface area contributed by atoms with E-state index in [1.54, 1.807) is 36.7 Å². The predicted octanol–water partition coefficient (Wildman–Crippen LogP) is 2.44. The zero-order chi connectivity index (χ0) is 19.3. The Morgan fingerprint density at radius 2 is 1.93 bits per heavy atom. The summed E-state index contributed by atoms with van der Waals surface area (Å²) < 4.78 is 38.3. The first kappa shape index (κ1) is 19.0. The molecule has 0 aliphatic rings. The highest BCUT2D eigenvalue weighted by atomic mass is 32.2. The van der Waals surface area contributed by atoms with Crippen molar-refractivity contribution in [3.63, 3.8) is 0 Å². The number of aromatic nitrogens is 3. The molecular formula is C18H20N4O4S. The number of nitrogens with one attached hydrogen (secondary N) is 1. The van der Waals surface area contributed by atoms with Crippen LogP contribution < -0.4 is 9.46 Å². The van der Waals surface area contributed by atoms with E-state index in [1.807, 2.05) is 13.8 Å². The maximum Gasteiger partial charge on any atom is 0.249 e. The molecule has 142 valence electrons. The highest BCUT2D eigenvalue weighted by molar-refractivity contribution is 7.89. The first-order valence-corrected chi connectivity index (χ1v) is 9.91. The summed E-state index contributed by atoms with van der Waals surface area (Å²) in [6.45, 7) is 3.95. The molecule has 9 heteroatoms. The van der Waals surface area contributed by atoms with Crippen LogP contribution in [0.1, 0.15) is 19.7 Å². The summed E-state index contributed by atoms with van der Waals surface area (Å²) in [5.74, 6) is 1.32. The van der Waals surface area contributed by atoms with Gasteiger partial charge in [-0.3, -0.25) is 4.98 Å². The lowest BCUT2D eigenvalue weighted by Crippen LogP contribution is -2.26. The smallest absolute Gasteiger partial charge is 0.249 e. The van der Waals surface area contributed by atoms with Crippen molar-refractivity contribution in [1.82, 2.24) is 19.9 Å². The van der Waals surface area contributed by atoms with Crippen molar-refractivity contribution in [2.45, 2.75) is 31.3 Å². The number of hydrogen-bond acceptors (Lipinski definition) is 7. The van der Waals surface area contributed by atoms with Gasteiger partial charge in [-0.15, -0.1) is 10.2 Å². The first-order valence-electron chi connectivity index (χ1n) is 8.43. The van der Waals surface area contributed by atoms with Crippen molar-refractivity contribution in [3.05, 3.63) is 54.7 Å². The van der Waals surface area contributed by atoms with Crippen LogP contribution in [-0.2, 0) is 16.4 Å². The molecule has 0 radical (unpaired) electrons. The lowest BCUT2D eigenvalue weighted by Gasteiger charge is -2.10. The van der Waals surface area contributed by atoms with Crippen molar-refractivity contribution in [1.29, 1.82) is 0 Å². The fraction of sp³-hybridized carbons (Fsp3) is 0.278. The molecule has 2 heterocycles. The monoisotopic (exact) mass is 388 g/mol. The van der Waals surface area contributed by atoms with Crippen LogP contribution in [-0.4, -0.2) is 36.2 Å². The van der Waals surface area contributed by atoms with Gasteiger partial charge in [-0.2, -0.15) is 0 Å². The molecule has 0 aliphatic heterocycles. The molecule has 1 aromatic carbocycles. The van der Waals surface area contributed by atoms with Gasteiger partial charge in [-0.1, -0.05) is 0 Å². The van der Waals surface area contributed by atoms with Crippen molar-refractivity contribution in [2.75, 3.05) is 6.54 Å². The molecule has 3 aromatic rings.